The zero-order chi connectivity index (χ0) is 16.3. The van der Waals surface area contributed by atoms with Gasteiger partial charge in [0.25, 0.3) is 0 Å². The fraction of sp³-hybridized carbons (Fsp3) is 0.500. The Bertz CT molecular complexity index is 393. The maximum absolute atomic E-state index is 11.0. The average molecular weight is 294 g/mol. The Balaban J connectivity index is 0.000000382. The largest absolute Gasteiger partial charge is 0.392 e. The van der Waals surface area contributed by atoms with Crippen LogP contribution in [0.2, 0.25) is 0 Å². The van der Waals surface area contributed by atoms with Crippen LogP contribution >= 0.6 is 0 Å². The Labute approximate surface area is 126 Å². The summed E-state index contributed by atoms with van der Waals surface area (Å²) < 4.78 is 0. The van der Waals surface area contributed by atoms with Crippen LogP contribution in [0.25, 0.3) is 0 Å². The molecule has 5 heteroatoms. The summed E-state index contributed by atoms with van der Waals surface area (Å²) in [5.41, 5.74) is 2.01. The van der Waals surface area contributed by atoms with E-state index in [1.54, 1.807) is 6.92 Å². The molecule has 0 aromatic heterocycles. The van der Waals surface area contributed by atoms with Crippen molar-refractivity contribution in [3.05, 3.63) is 29.8 Å². The molecule has 1 atom stereocenters. The van der Waals surface area contributed by atoms with Crippen LogP contribution < -0.4 is 10.6 Å². The second-order valence-corrected chi connectivity index (χ2v) is 5.20. The summed E-state index contributed by atoms with van der Waals surface area (Å²) in [6, 6.07) is 7.30. The van der Waals surface area contributed by atoms with E-state index < -0.39 is 0 Å². The van der Waals surface area contributed by atoms with Crippen LogP contribution in [-0.2, 0) is 16.2 Å². The third-order valence-electron chi connectivity index (χ3n) is 2.61. The number of aliphatic hydroxyl groups excluding tert-OH is 1. The Morgan fingerprint density at radius 1 is 1.24 bits per heavy atom. The first-order valence-corrected chi connectivity index (χ1v) is 7.05. The first-order valence-electron chi connectivity index (χ1n) is 7.05. The van der Waals surface area contributed by atoms with Crippen LogP contribution in [0.15, 0.2) is 24.3 Å². The number of amides is 1. The molecule has 0 aliphatic carbocycles. The van der Waals surface area contributed by atoms with Gasteiger partial charge in [0, 0.05) is 19.2 Å². The highest BCUT2D eigenvalue weighted by Gasteiger charge is 2.06. The summed E-state index contributed by atoms with van der Waals surface area (Å²) in [7, 11) is 1.87. The summed E-state index contributed by atoms with van der Waals surface area (Å²) in [4.78, 5) is 21.1. The Morgan fingerprint density at radius 3 is 2.19 bits per heavy atom. The minimum atomic E-state index is -0.360. The summed E-state index contributed by atoms with van der Waals surface area (Å²) in [6.45, 7) is 5.70. The van der Waals surface area contributed by atoms with Gasteiger partial charge in [-0.2, -0.15) is 0 Å². The van der Waals surface area contributed by atoms with E-state index in [9.17, 15) is 9.59 Å². The van der Waals surface area contributed by atoms with Crippen molar-refractivity contribution in [3.63, 3.8) is 0 Å². The van der Waals surface area contributed by atoms with Gasteiger partial charge in [0.1, 0.15) is 6.29 Å². The lowest BCUT2D eigenvalue weighted by Crippen LogP contribution is -2.34. The van der Waals surface area contributed by atoms with E-state index in [1.807, 2.05) is 45.2 Å². The zero-order valence-corrected chi connectivity index (χ0v) is 13.2. The number of anilines is 1. The van der Waals surface area contributed by atoms with Crippen LogP contribution in [0.5, 0.6) is 0 Å². The van der Waals surface area contributed by atoms with Crippen molar-refractivity contribution in [2.24, 2.45) is 5.92 Å². The molecule has 3 N–H and O–H groups in total. The fourth-order valence-electron chi connectivity index (χ4n) is 1.49. The Morgan fingerprint density at radius 2 is 1.81 bits per heavy atom. The minimum absolute atomic E-state index is 0.0559. The molecule has 0 saturated carbocycles. The van der Waals surface area contributed by atoms with Gasteiger partial charge in [-0.1, -0.05) is 26.0 Å². The number of benzene rings is 1. The molecule has 0 radical (unpaired) electrons. The van der Waals surface area contributed by atoms with Gasteiger partial charge in [0.05, 0.1) is 12.6 Å². The molecule has 0 aliphatic rings. The number of hydrogen-bond acceptors (Lipinski definition) is 4. The highest BCUT2D eigenvalue weighted by atomic mass is 16.3. The zero-order valence-electron chi connectivity index (χ0n) is 13.2. The number of carbonyl (C=O) groups excluding carboxylic acids is 2. The molecular formula is C16H26N2O3. The van der Waals surface area contributed by atoms with E-state index in [-0.39, 0.29) is 18.6 Å². The molecule has 1 rings (SSSR count). The molecule has 21 heavy (non-hydrogen) atoms. The molecule has 1 amide bonds. The van der Waals surface area contributed by atoms with Gasteiger partial charge in [-0.15, -0.1) is 0 Å². The van der Waals surface area contributed by atoms with Crippen molar-refractivity contribution < 1.29 is 14.7 Å². The molecule has 0 bridgehead atoms. The van der Waals surface area contributed by atoms with Crippen LogP contribution in [0.1, 0.15) is 32.8 Å². The van der Waals surface area contributed by atoms with Crippen LogP contribution in [0.3, 0.4) is 0 Å². The summed E-state index contributed by atoms with van der Waals surface area (Å²) in [6.07, 6.45) is 1.20. The molecule has 0 aliphatic heterocycles. The number of hydrogen-bond donors (Lipinski definition) is 3. The second-order valence-electron chi connectivity index (χ2n) is 5.20. The van der Waals surface area contributed by atoms with Gasteiger partial charge in [-0.05, 0) is 30.5 Å². The maximum atomic E-state index is 11.0. The lowest BCUT2D eigenvalue weighted by Gasteiger charge is -2.08. The van der Waals surface area contributed by atoms with Crippen LogP contribution in [0, 0.1) is 5.92 Å². The normalized spacial score (nSPS) is 11.1. The Hall–Kier alpha value is -1.88. The standard InChI is InChI=1S/C8H15NO2.C8H11NO/c1-6(2)4-8(11)9-7(3)5-10;1-9-8-4-2-7(6-10)3-5-8/h5-7H,4H2,1-3H3,(H,9,11);2-5,9-10H,6H2,1H3/t7-;/m1./s1. The molecule has 0 unspecified atom stereocenters. The third-order valence-corrected chi connectivity index (χ3v) is 2.61. The minimum Gasteiger partial charge on any atom is -0.392 e. The summed E-state index contributed by atoms with van der Waals surface area (Å²) in [5.74, 6) is 0.286. The highest BCUT2D eigenvalue weighted by molar-refractivity contribution is 5.79. The number of rotatable bonds is 6. The number of aliphatic hydroxyl groups is 1. The molecule has 0 saturated heterocycles. The highest BCUT2D eigenvalue weighted by Crippen LogP contribution is 2.07. The van der Waals surface area contributed by atoms with Crippen molar-refractivity contribution in [2.45, 2.75) is 39.8 Å². The van der Waals surface area contributed by atoms with Crippen LogP contribution in [0.4, 0.5) is 5.69 Å². The van der Waals surface area contributed by atoms with Gasteiger partial charge in [0.15, 0.2) is 0 Å². The van der Waals surface area contributed by atoms with Gasteiger partial charge in [0.2, 0.25) is 5.91 Å². The van der Waals surface area contributed by atoms with E-state index in [1.165, 1.54) is 0 Å². The molecule has 5 nitrogen and oxygen atoms in total. The lowest BCUT2D eigenvalue weighted by atomic mass is 10.1. The number of nitrogens with one attached hydrogen (secondary N) is 2. The molecule has 1 aromatic carbocycles. The van der Waals surface area contributed by atoms with Gasteiger partial charge in [-0.3, -0.25) is 4.79 Å². The first-order chi connectivity index (χ1) is 9.92. The van der Waals surface area contributed by atoms with E-state index in [2.05, 4.69) is 10.6 Å². The van der Waals surface area contributed by atoms with Crippen molar-refractivity contribution >= 4 is 17.9 Å². The predicted octanol–water partition coefficient (Wildman–Crippen LogP) is 1.96. The second kappa shape index (κ2) is 10.9. The molecule has 1 aromatic rings. The first kappa shape index (κ1) is 19.1. The van der Waals surface area contributed by atoms with Gasteiger partial charge in [-0.25, -0.2) is 0 Å². The molecule has 0 heterocycles. The average Bonchev–Trinajstić information content (AvgIpc) is 2.47. The van der Waals surface area contributed by atoms with E-state index in [0.29, 0.717) is 12.3 Å². The Kier molecular flexibility index (Phi) is 9.88. The van der Waals surface area contributed by atoms with E-state index in [0.717, 1.165) is 17.5 Å². The summed E-state index contributed by atoms with van der Waals surface area (Å²) >= 11 is 0. The predicted molar refractivity (Wildman–Crippen MR) is 85.0 cm³/mol. The van der Waals surface area contributed by atoms with Crippen molar-refractivity contribution in [2.75, 3.05) is 12.4 Å². The monoisotopic (exact) mass is 294 g/mol. The quantitative estimate of drug-likeness (QED) is 0.701. The molecule has 118 valence electrons. The number of aldehydes is 1. The topological polar surface area (TPSA) is 78.4 Å². The number of carbonyl (C=O) groups is 2. The summed E-state index contributed by atoms with van der Waals surface area (Å²) in [5, 5.41) is 14.2. The van der Waals surface area contributed by atoms with Gasteiger partial charge < -0.3 is 20.5 Å². The maximum Gasteiger partial charge on any atom is 0.220 e. The van der Waals surface area contributed by atoms with E-state index >= 15 is 0 Å². The molecular weight excluding hydrogens is 268 g/mol. The van der Waals surface area contributed by atoms with Gasteiger partial charge >= 0.3 is 0 Å². The molecule has 0 fully saturated rings. The van der Waals surface area contributed by atoms with Crippen LogP contribution in [-0.4, -0.2) is 30.4 Å². The molecule has 0 spiro atoms. The van der Waals surface area contributed by atoms with Crippen molar-refractivity contribution in [1.29, 1.82) is 0 Å². The SMILES string of the molecule is CC(C)CC(=O)N[C@H](C)C=O.CNc1ccc(CO)cc1. The fourth-order valence-corrected chi connectivity index (χ4v) is 1.49. The lowest BCUT2D eigenvalue weighted by molar-refractivity contribution is -0.124. The third kappa shape index (κ3) is 9.62. The smallest absolute Gasteiger partial charge is 0.220 e. The van der Waals surface area contributed by atoms with Crippen molar-refractivity contribution in [3.8, 4) is 0 Å². The van der Waals surface area contributed by atoms with E-state index in [4.69, 9.17) is 5.11 Å². The van der Waals surface area contributed by atoms with Crippen molar-refractivity contribution in [1.82, 2.24) is 5.32 Å².